The van der Waals surface area contributed by atoms with Gasteiger partial charge in [-0.25, -0.2) is 13.4 Å². The van der Waals surface area contributed by atoms with Gasteiger partial charge in [-0.3, -0.25) is 0 Å². The van der Waals surface area contributed by atoms with Crippen LogP contribution in [0, 0.1) is 0 Å². The van der Waals surface area contributed by atoms with Crippen molar-refractivity contribution in [3.8, 4) is 0 Å². The SMILES string of the molecule is CS(=O)(=O)c1cccc(Nc2nc3ccc(Cl)cc3[nH]2)c1. The average Bonchev–Trinajstić information content (AvgIpc) is 2.79. The van der Waals surface area contributed by atoms with Crippen molar-refractivity contribution in [2.45, 2.75) is 4.90 Å². The second-order valence-corrected chi connectivity index (χ2v) is 7.12. The van der Waals surface area contributed by atoms with Gasteiger partial charge in [0, 0.05) is 17.0 Å². The van der Waals surface area contributed by atoms with Gasteiger partial charge < -0.3 is 10.3 Å². The molecular formula is C14H12ClN3O2S. The molecule has 2 N–H and O–H groups in total. The minimum absolute atomic E-state index is 0.256. The first-order valence-corrected chi connectivity index (χ1v) is 8.41. The van der Waals surface area contributed by atoms with Crippen LogP contribution in [-0.4, -0.2) is 24.6 Å². The van der Waals surface area contributed by atoms with Gasteiger partial charge in [0.1, 0.15) is 0 Å². The minimum atomic E-state index is -3.24. The normalized spacial score (nSPS) is 11.7. The Balaban J connectivity index is 1.95. The molecule has 1 aromatic heterocycles. The number of nitrogens with zero attached hydrogens (tertiary/aromatic N) is 1. The van der Waals surface area contributed by atoms with Crippen molar-refractivity contribution in [3.63, 3.8) is 0 Å². The van der Waals surface area contributed by atoms with Crippen molar-refractivity contribution in [3.05, 3.63) is 47.5 Å². The molecule has 2 aromatic carbocycles. The van der Waals surface area contributed by atoms with E-state index in [0.717, 1.165) is 11.0 Å². The molecule has 0 aliphatic carbocycles. The van der Waals surface area contributed by atoms with Crippen LogP contribution < -0.4 is 5.32 Å². The van der Waals surface area contributed by atoms with Gasteiger partial charge in [-0.15, -0.1) is 0 Å². The van der Waals surface area contributed by atoms with Crippen molar-refractivity contribution in [1.29, 1.82) is 0 Å². The Morgan fingerprint density at radius 1 is 1.19 bits per heavy atom. The number of aromatic nitrogens is 2. The summed E-state index contributed by atoms with van der Waals surface area (Å²) in [6.45, 7) is 0. The zero-order valence-electron chi connectivity index (χ0n) is 11.1. The molecule has 7 heteroatoms. The molecule has 5 nitrogen and oxygen atoms in total. The van der Waals surface area contributed by atoms with E-state index < -0.39 is 9.84 Å². The van der Waals surface area contributed by atoms with Crippen molar-refractivity contribution < 1.29 is 8.42 Å². The number of H-pyrrole nitrogens is 1. The lowest BCUT2D eigenvalue weighted by atomic mass is 10.3. The Morgan fingerprint density at radius 3 is 2.76 bits per heavy atom. The van der Waals surface area contributed by atoms with Crippen LogP contribution in [0.4, 0.5) is 11.6 Å². The third kappa shape index (κ3) is 3.01. The largest absolute Gasteiger partial charge is 0.326 e. The van der Waals surface area contributed by atoms with E-state index in [9.17, 15) is 8.42 Å². The van der Waals surface area contributed by atoms with Crippen molar-refractivity contribution in [2.75, 3.05) is 11.6 Å². The molecule has 0 atom stereocenters. The van der Waals surface area contributed by atoms with Gasteiger partial charge in [-0.1, -0.05) is 17.7 Å². The van der Waals surface area contributed by atoms with Crippen LogP contribution in [0.15, 0.2) is 47.4 Å². The lowest BCUT2D eigenvalue weighted by Crippen LogP contribution is -1.99. The number of hydrogen-bond acceptors (Lipinski definition) is 4. The summed E-state index contributed by atoms with van der Waals surface area (Å²) in [5.41, 5.74) is 2.23. The van der Waals surface area contributed by atoms with Crippen molar-refractivity contribution in [1.82, 2.24) is 9.97 Å². The number of anilines is 2. The molecule has 0 radical (unpaired) electrons. The smallest absolute Gasteiger partial charge is 0.205 e. The van der Waals surface area contributed by atoms with Gasteiger partial charge >= 0.3 is 0 Å². The maximum atomic E-state index is 11.6. The summed E-state index contributed by atoms with van der Waals surface area (Å²) >= 11 is 5.92. The summed E-state index contributed by atoms with van der Waals surface area (Å²) in [5.74, 6) is 0.526. The lowest BCUT2D eigenvalue weighted by molar-refractivity contribution is 0.602. The molecule has 0 fully saturated rings. The van der Waals surface area contributed by atoms with E-state index in [1.54, 1.807) is 36.4 Å². The lowest BCUT2D eigenvalue weighted by Gasteiger charge is -2.04. The number of imidazole rings is 1. The van der Waals surface area contributed by atoms with Gasteiger partial charge in [0.25, 0.3) is 0 Å². The quantitative estimate of drug-likeness (QED) is 0.775. The van der Waals surface area contributed by atoms with Gasteiger partial charge in [0.15, 0.2) is 9.84 Å². The molecule has 0 aliphatic rings. The van der Waals surface area contributed by atoms with Crippen LogP contribution in [0.25, 0.3) is 11.0 Å². The van der Waals surface area contributed by atoms with Gasteiger partial charge in [0.2, 0.25) is 5.95 Å². The van der Waals surface area contributed by atoms with Crippen molar-refractivity contribution >= 4 is 44.1 Å². The monoisotopic (exact) mass is 321 g/mol. The standard InChI is InChI=1S/C14H12ClN3O2S/c1-21(19,20)11-4-2-3-10(8-11)16-14-17-12-6-5-9(15)7-13(12)18-14/h2-8H,1H3,(H2,16,17,18). The van der Waals surface area contributed by atoms with E-state index in [1.807, 2.05) is 6.07 Å². The van der Waals surface area contributed by atoms with Gasteiger partial charge in [-0.05, 0) is 36.4 Å². The fourth-order valence-electron chi connectivity index (χ4n) is 1.98. The molecule has 3 rings (SSSR count). The van der Waals surface area contributed by atoms with E-state index in [4.69, 9.17) is 11.6 Å². The molecule has 0 amide bonds. The predicted molar refractivity (Wildman–Crippen MR) is 83.9 cm³/mol. The average molecular weight is 322 g/mol. The summed E-state index contributed by atoms with van der Waals surface area (Å²) in [6.07, 6.45) is 1.18. The number of rotatable bonds is 3. The highest BCUT2D eigenvalue weighted by atomic mass is 35.5. The number of sulfone groups is 1. The first-order chi connectivity index (χ1) is 9.91. The van der Waals surface area contributed by atoms with Crippen LogP contribution in [0.2, 0.25) is 5.02 Å². The summed E-state index contributed by atoms with van der Waals surface area (Å²) in [7, 11) is -3.24. The molecule has 0 aliphatic heterocycles. The minimum Gasteiger partial charge on any atom is -0.326 e. The van der Waals surface area contributed by atoms with E-state index >= 15 is 0 Å². The zero-order chi connectivity index (χ0) is 15.0. The predicted octanol–water partition coefficient (Wildman–Crippen LogP) is 3.36. The molecule has 0 saturated carbocycles. The number of fused-ring (bicyclic) bond motifs is 1. The summed E-state index contributed by atoms with van der Waals surface area (Å²) in [6, 6.07) is 11.9. The summed E-state index contributed by atoms with van der Waals surface area (Å²) < 4.78 is 23.1. The maximum absolute atomic E-state index is 11.6. The van der Waals surface area contributed by atoms with Crippen LogP contribution in [-0.2, 0) is 9.84 Å². The molecular weight excluding hydrogens is 310 g/mol. The highest BCUT2D eigenvalue weighted by Crippen LogP contribution is 2.22. The molecule has 3 aromatic rings. The number of benzene rings is 2. The molecule has 108 valence electrons. The molecule has 0 saturated heterocycles. The van der Waals surface area contributed by atoms with E-state index in [0.29, 0.717) is 16.7 Å². The Labute approximate surface area is 126 Å². The van der Waals surface area contributed by atoms with Crippen LogP contribution in [0.1, 0.15) is 0 Å². The Hall–Kier alpha value is -2.05. The van der Waals surface area contributed by atoms with E-state index in [-0.39, 0.29) is 4.90 Å². The summed E-state index contributed by atoms with van der Waals surface area (Å²) in [5, 5.41) is 3.67. The number of hydrogen-bond donors (Lipinski definition) is 2. The maximum Gasteiger partial charge on any atom is 0.205 e. The third-order valence-corrected chi connectivity index (χ3v) is 4.31. The Bertz CT molecular complexity index is 919. The highest BCUT2D eigenvalue weighted by Gasteiger charge is 2.08. The Morgan fingerprint density at radius 2 is 2.00 bits per heavy atom. The fourth-order valence-corrected chi connectivity index (χ4v) is 2.82. The second-order valence-electron chi connectivity index (χ2n) is 4.67. The molecule has 0 unspecified atom stereocenters. The number of nitrogens with one attached hydrogen (secondary N) is 2. The van der Waals surface area contributed by atoms with Crippen LogP contribution in [0.3, 0.4) is 0 Å². The first-order valence-electron chi connectivity index (χ1n) is 6.14. The van der Waals surface area contributed by atoms with E-state index in [1.165, 1.54) is 6.26 Å². The molecule has 0 spiro atoms. The second kappa shape index (κ2) is 5.05. The molecule has 0 bridgehead atoms. The Kier molecular flexibility index (Phi) is 3.35. The van der Waals surface area contributed by atoms with Gasteiger partial charge in [0.05, 0.1) is 15.9 Å². The zero-order valence-corrected chi connectivity index (χ0v) is 12.7. The van der Waals surface area contributed by atoms with Gasteiger partial charge in [-0.2, -0.15) is 0 Å². The van der Waals surface area contributed by atoms with Crippen molar-refractivity contribution in [2.24, 2.45) is 0 Å². The first kappa shape index (κ1) is 13.9. The number of halogens is 1. The highest BCUT2D eigenvalue weighted by molar-refractivity contribution is 7.90. The van der Waals surface area contributed by atoms with E-state index in [2.05, 4.69) is 15.3 Å². The molecule has 21 heavy (non-hydrogen) atoms. The third-order valence-electron chi connectivity index (χ3n) is 2.97. The summed E-state index contributed by atoms with van der Waals surface area (Å²) in [4.78, 5) is 7.71. The van der Waals surface area contributed by atoms with Crippen LogP contribution in [0.5, 0.6) is 0 Å². The fraction of sp³-hybridized carbons (Fsp3) is 0.0714. The topological polar surface area (TPSA) is 74.8 Å². The number of aromatic amines is 1. The molecule has 1 heterocycles. The van der Waals surface area contributed by atoms with Crippen LogP contribution >= 0.6 is 11.6 Å².